The highest BCUT2D eigenvalue weighted by molar-refractivity contribution is 6.31. The summed E-state index contributed by atoms with van der Waals surface area (Å²) in [6, 6.07) is 5.87. The molecule has 1 aromatic rings. The van der Waals surface area contributed by atoms with Gasteiger partial charge in [-0.3, -0.25) is 4.79 Å². The molecule has 1 aliphatic heterocycles. The first kappa shape index (κ1) is 12.2. The van der Waals surface area contributed by atoms with Gasteiger partial charge in [0.25, 0.3) is 0 Å². The van der Waals surface area contributed by atoms with Crippen molar-refractivity contribution in [1.29, 1.82) is 0 Å². The lowest BCUT2D eigenvalue weighted by Crippen LogP contribution is -2.24. The molecule has 1 fully saturated rings. The number of carbonyl (C=O) groups excluding carboxylic acids is 1. The van der Waals surface area contributed by atoms with E-state index in [-0.39, 0.29) is 11.9 Å². The van der Waals surface area contributed by atoms with Crippen LogP contribution < -0.4 is 4.90 Å². The molecule has 2 rings (SSSR count). The highest BCUT2D eigenvalue weighted by atomic mass is 35.5. The number of halogens is 1. The van der Waals surface area contributed by atoms with Crippen LogP contribution in [0.1, 0.15) is 12.0 Å². The maximum Gasteiger partial charge on any atom is 0.310 e. The summed E-state index contributed by atoms with van der Waals surface area (Å²) in [5, 5.41) is 0.768. The van der Waals surface area contributed by atoms with Gasteiger partial charge in [0.15, 0.2) is 0 Å². The summed E-state index contributed by atoms with van der Waals surface area (Å²) in [6.07, 6.45) is 0.846. The van der Waals surface area contributed by atoms with Gasteiger partial charge in [-0.05, 0) is 31.0 Å². The molecule has 1 atom stereocenters. The van der Waals surface area contributed by atoms with Crippen LogP contribution in [0.25, 0.3) is 0 Å². The van der Waals surface area contributed by atoms with E-state index in [1.54, 1.807) is 0 Å². The van der Waals surface area contributed by atoms with E-state index >= 15 is 0 Å². The molecule has 0 aromatic heterocycles. The Kier molecular flexibility index (Phi) is 3.57. The van der Waals surface area contributed by atoms with Gasteiger partial charge in [0.1, 0.15) is 0 Å². The number of hydrogen-bond donors (Lipinski definition) is 0. The average molecular weight is 254 g/mol. The van der Waals surface area contributed by atoms with Gasteiger partial charge in [0, 0.05) is 23.8 Å². The minimum Gasteiger partial charge on any atom is -0.469 e. The van der Waals surface area contributed by atoms with E-state index in [9.17, 15) is 4.79 Å². The van der Waals surface area contributed by atoms with Crippen LogP contribution in [-0.4, -0.2) is 26.2 Å². The summed E-state index contributed by atoms with van der Waals surface area (Å²) < 4.78 is 4.78. The molecule has 17 heavy (non-hydrogen) atoms. The van der Waals surface area contributed by atoms with Gasteiger partial charge in [-0.15, -0.1) is 0 Å². The van der Waals surface area contributed by atoms with Crippen molar-refractivity contribution >= 4 is 23.3 Å². The fraction of sp³-hybridized carbons (Fsp3) is 0.462. The van der Waals surface area contributed by atoms with Crippen molar-refractivity contribution < 1.29 is 9.53 Å². The highest BCUT2D eigenvalue weighted by Gasteiger charge is 2.29. The minimum absolute atomic E-state index is 0.0154. The number of anilines is 1. The zero-order valence-corrected chi connectivity index (χ0v) is 10.8. The Morgan fingerprint density at radius 1 is 1.53 bits per heavy atom. The van der Waals surface area contributed by atoms with Crippen molar-refractivity contribution in [1.82, 2.24) is 0 Å². The van der Waals surface area contributed by atoms with Crippen LogP contribution in [0.15, 0.2) is 18.2 Å². The number of rotatable bonds is 2. The number of ether oxygens (including phenoxy) is 1. The van der Waals surface area contributed by atoms with E-state index in [0.29, 0.717) is 6.54 Å². The minimum atomic E-state index is -0.118. The molecular weight excluding hydrogens is 238 g/mol. The third kappa shape index (κ3) is 2.39. The SMILES string of the molecule is COC(=O)C1CCN(c2cccc(Cl)c2C)C1. The van der Waals surface area contributed by atoms with Gasteiger partial charge < -0.3 is 9.64 Å². The monoisotopic (exact) mass is 253 g/mol. The summed E-state index contributed by atoms with van der Waals surface area (Å²) >= 11 is 6.10. The average Bonchev–Trinajstić information content (AvgIpc) is 2.81. The smallest absolute Gasteiger partial charge is 0.310 e. The first-order chi connectivity index (χ1) is 8.13. The number of benzene rings is 1. The molecule has 92 valence electrons. The zero-order chi connectivity index (χ0) is 12.4. The van der Waals surface area contributed by atoms with Gasteiger partial charge in [0.05, 0.1) is 13.0 Å². The Bertz CT molecular complexity index is 433. The van der Waals surface area contributed by atoms with Crippen molar-refractivity contribution in [2.75, 3.05) is 25.1 Å². The number of methoxy groups -OCH3 is 1. The molecule has 4 heteroatoms. The number of carbonyl (C=O) groups is 1. The first-order valence-corrected chi connectivity index (χ1v) is 6.09. The normalized spacial score (nSPS) is 19.5. The number of hydrogen-bond acceptors (Lipinski definition) is 3. The van der Waals surface area contributed by atoms with Gasteiger partial charge in [-0.25, -0.2) is 0 Å². The van der Waals surface area contributed by atoms with Crippen LogP contribution in [0.2, 0.25) is 5.02 Å². The highest BCUT2D eigenvalue weighted by Crippen LogP contribution is 2.30. The van der Waals surface area contributed by atoms with E-state index < -0.39 is 0 Å². The van der Waals surface area contributed by atoms with E-state index in [4.69, 9.17) is 16.3 Å². The molecule has 1 aromatic carbocycles. The van der Waals surface area contributed by atoms with E-state index in [0.717, 1.165) is 29.2 Å². The second-order valence-electron chi connectivity index (χ2n) is 4.34. The van der Waals surface area contributed by atoms with Crippen molar-refractivity contribution in [3.8, 4) is 0 Å². The lowest BCUT2D eigenvalue weighted by atomic mass is 10.1. The van der Waals surface area contributed by atoms with E-state index in [1.165, 1.54) is 7.11 Å². The van der Waals surface area contributed by atoms with Crippen LogP contribution in [-0.2, 0) is 9.53 Å². The Morgan fingerprint density at radius 2 is 2.29 bits per heavy atom. The predicted octanol–water partition coefficient (Wildman–Crippen LogP) is 2.65. The fourth-order valence-electron chi connectivity index (χ4n) is 2.28. The number of esters is 1. The van der Waals surface area contributed by atoms with Crippen LogP contribution in [0.3, 0.4) is 0 Å². The predicted molar refractivity (Wildman–Crippen MR) is 68.5 cm³/mol. The van der Waals surface area contributed by atoms with E-state index in [2.05, 4.69) is 4.90 Å². The molecule has 0 bridgehead atoms. The van der Waals surface area contributed by atoms with Crippen molar-refractivity contribution in [2.45, 2.75) is 13.3 Å². The molecule has 0 radical (unpaired) electrons. The molecular formula is C13H16ClNO2. The fourth-order valence-corrected chi connectivity index (χ4v) is 2.45. The molecule has 1 saturated heterocycles. The van der Waals surface area contributed by atoms with Crippen molar-refractivity contribution in [2.24, 2.45) is 5.92 Å². The maximum absolute atomic E-state index is 11.5. The summed E-state index contributed by atoms with van der Waals surface area (Å²) in [6.45, 7) is 3.60. The summed E-state index contributed by atoms with van der Waals surface area (Å²) in [7, 11) is 1.44. The Hall–Kier alpha value is -1.22. The second-order valence-corrected chi connectivity index (χ2v) is 4.75. The third-order valence-corrected chi connectivity index (χ3v) is 3.71. The largest absolute Gasteiger partial charge is 0.469 e. The number of nitrogens with zero attached hydrogens (tertiary/aromatic N) is 1. The van der Waals surface area contributed by atoms with Crippen LogP contribution >= 0.6 is 11.6 Å². The molecule has 1 aliphatic rings. The van der Waals surface area contributed by atoms with Gasteiger partial charge in [-0.1, -0.05) is 17.7 Å². The Labute approximate surface area is 106 Å². The summed E-state index contributed by atoms with van der Waals surface area (Å²) in [4.78, 5) is 13.7. The topological polar surface area (TPSA) is 29.5 Å². The quantitative estimate of drug-likeness (QED) is 0.759. The lowest BCUT2D eigenvalue weighted by Gasteiger charge is -2.21. The van der Waals surface area contributed by atoms with Crippen LogP contribution in [0, 0.1) is 12.8 Å². The van der Waals surface area contributed by atoms with Gasteiger partial charge >= 0.3 is 5.97 Å². The lowest BCUT2D eigenvalue weighted by molar-refractivity contribution is -0.144. The molecule has 3 nitrogen and oxygen atoms in total. The van der Waals surface area contributed by atoms with E-state index in [1.807, 2.05) is 25.1 Å². The molecule has 0 spiro atoms. The Morgan fingerprint density at radius 3 is 3.00 bits per heavy atom. The maximum atomic E-state index is 11.5. The third-order valence-electron chi connectivity index (χ3n) is 3.30. The summed E-state index contributed by atoms with van der Waals surface area (Å²) in [5.41, 5.74) is 2.18. The van der Waals surface area contributed by atoms with Gasteiger partial charge in [0.2, 0.25) is 0 Å². The summed E-state index contributed by atoms with van der Waals surface area (Å²) in [5.74, 6) is -0.134. The molecule has 1 unspecified atom stereocenters. The first-order valence-electron chi connectivity index (χ1n) is 5.71. The standard InChI is InChI=1S/C13H16ClNO2/c1-9-11(14)4-3-5-12(9)15-7-6-10(8-15)13(16)17-2/h3-5,10H,6-8H2,1-2H3. The van der Waals surface area contributed by atoms with Crippen molar-refractivity contribution in [3.63, 3.8) is 0 Å². The van der Waals surface area contributed by atoms with Gasteiger partial charge in [-0.2, -0.15) is 0 Å². The zero-order valence-electron chi connectivity index (χ0n) is 10.1. The second kappa shape index (κ2) is 4.96. The van der Waals surface area contributed by atoms with Crippen LogP contribution in [0.5, 0.6) is 0 Å². The molecule has 0 saturated carbocycles. The molecule has 0 N–H and O–H groups in total. The molecule has 0 aliphatic carbocycles. The molecule has 1 heterocycles. The van der Waals surface area contributed by atoms with Crippen molar-refractivity contribution in [3.05, 3.63) is 28.8 Å². The Balaban J connectivity index is 2.15. The molecule has 0 amide bonds. The van der Waals surface area contributed by atoms with Crippen LogP contribution in [0.4, 0.5) is 5.69 Å².